The number of piperidine rings is 1. The van der Waals surface area contributed by atoms with Crippen molar-refractivity contribution in [2.75, 3.05) is 12.3 Å². The van der Waals surface area contributed by atoms with E-state index in [0.29, 0.717) is 11.8 Å². The topological polar surface area (TPSA) is 51.0 Å². The van der Waals surface area contributed by atoms with Crippen LogP contribution in [0.4, 0.5) is 0 Å². The van der Waals surface area contributed by atoms with Crippen molar-refractivity contribution in [2.24, 2.45) is 7.05 Å². The third kappa shape index (κ3) is 4.06. The predicted molar refractivity (Wildman–Crippen MR) is 102 cm³/mol. The van der Waals surface area contributed by atoms with Gasteiger partial charge in [0.15, 0.2) is 11.0 Å². The number of hydrogen-bond acceptors (Lipinski definition) is 4. The summed E-state index contributed by atoms with van der Waals surface area (Å²) in [5, 5.41) is 9.37. The minimum absolute atomic E-state index is 0.219. The Kier molecular flexibility index (Phi) is 5.78. The van der Waals surface area contributed by atoms with Crippen molar-refractivity contribution >= 4 is 17.7 Å². The Balaban J connectivity index is 1.65. The van der Waals surface area contributed by atoms with Crippen molar-refractivity contribution < 1.29 is 4.79 Å². The Morgan fingerprint density at radius 1 is 1.24 bits per heavy atom. The van der Waals surface area contributed by atoms with Crippen LogP contribution in [0, 0.1) is 6.92 Å². The lowest BCUT2D eigenvalue weighted by Crippen LogP contribution is -2.44. The number of aromatic nitrogens is 3. The lowest BCUT2D eigenvalue weighted by molar-refractivity contribution is -0.132. The average Bonchev–Trinajstić information content (AvgIpc) is 3.01. The number of nitrogens with zero attached hydrogens (tertiary/aromatic N) is 4. The Morgan fingerprint density at radius 3 is 2.72 bits per heavy atom. The molecule has 0 unspecified atom stereocenters. The molecule has 2 aromatic rings. The summed E-state index contributed by atoms with van der Waals surface area (Å²) in [6.07, 6.45) is 4.53. The van der Waals surface area contributed by atoms with Crippen LogP contribution in [0.25, 0.3) is 11.4 Å². The Hall–Kier alpha value is -1.82. The molecule has 1 aromatic heterocycles. The molecular formula is C19H26N4OS. The van der Waals surface area contributed by atoms with Gasteiger partial charge in [-0.15, -0.1) is 10.2 Å². The fourth-order valence-electron chi connectivity index (χ4n) is 3.36. The maximum absolute atomic E-state index is 12.6. The number of likely N-dealkylation sites (tertiary alicyclic amines) is 1. The number of amides is 1. The molecule has 3 rings (SSSR count). The Bertz CT molecular complexity index is 726. The molecule has 0 N–H and O–H groups in total. The van der Waals surface area contributed by atoms with Crippen LogP contribution in [0.2, 0.25) is 0 Å². The Labute approximate surface area is 153 Å². The van der Waals surface area contributed by atoms with E-state index in [4.69, 9.17) is 0 Å². The van der Waals surface area contributed by atoms with Crippen molar-refractivity contribution in [1.29, 1.82) is 0 Å². The molecule has 1 atom stereocenters. The second-order valence-electron chi connectivity index (χ2n) is 6.66. The van der Waals surface area contributed by atoms with Gasteiger partial charge in [0.1, 0.15) is 0 Å². The Morgan fingerprint density at radius 2 is 2.00 bits per heavy atom. The summed E-state index contributed by atoms with van der Waals surface area (Å²) >= 11 is 1.48. The van der Waals surface area contributed by atoms with Crippen LogP contribution in [0.1, 0.15) is 38.2 Å². The highest BCUT2D eigenvalue weighted by Gasteiger charge is 2.25. The van der Waals surface area contributed by atoms with Crippen LogP contribution < -0.4 is 0 Å². The fraction of sp³-hybridized carbons (Fsp3) is 0.526. The van der Waals surface area contributed by atoms with E-state index in [0.717, 1.165) is 42.4 Å². The van der Waals surface area contributed by atoms with Gasteiger partial charge in [-0.25, -0.2) is 0 Å². The fourth-order valence-corrected chi connectivity index (χ4v) is 4.15. The number of rotatable bonds is 5. The number of carbonyl (C=O) groups excluding carboxylic acids is 1. The molecule has 1 fully saturated rings. The summed E-state index contributed by atoms with van der Waals surface area (Å²) in [7, 11) is 1.96. The summed E-state index contributed by atoms with van der Waals surface area (Å²) in [5.41, 5.74) is 2.26. The predicted octanol–water partition coefficient (Wildman–Crippen LogP) is 3.67. The van der Waals surface area contributed by atoms with Gasteiger partial charge < -0.3 is 9.47 Å². The zero-order valence-corrected chi connectivity index (χ0v) is 16.1. The van der Waals surface area contributed by atoms with Crippen LogP contribution in [-0.4, -0.2) is 43.9 Å². The quantitative estimate of drug-likeness (QED) is 0.765. The standard InChI is InChI=1S/C19H26N4OS/c1-4-16-7-5-6-12-23(16)17(24)13-25-19-21-20-18(22(19)3)15-10-8-14(2)9-11-15/h8-11,16H,4-7,12-13H2,1-3H3/t16-/m1/s1. The van der Waals surface area contributed by atoms with Crippen molar-refractivity contribution in [3.63, 3.8) is 0 Å². The number of thioether (sulfide) groups is 1. The summed E-state index contributed by atoms with van der Waals surface area (Å²) < 4.78 is 1.97. The van der Waals surface area contributed by atoms with Gasteiger partial charge in [0.2, 0.25) is 5.91 Å². The van der Waals surface area contributed by atoms with Gasteiger partial charge in [-0.05, 0) is 32.6 Å². The number of benzene rings is 1. The molecule has 2 heterocycles. The van der Waals surface area contributed by atoms with Gasteiger partial charge in [0.05, 0.1) is 5.75 Å². The van der Waals surface area contributed by atoms with Gasteiger partial charge in [-0.1, -0.05) is 48.5 Å². The first-order valence-electron chi connectivity index (χ1n) is 8.99. The molecular weight excluding hydrogens is 332 g/mol. The monoisotopic (exact) mass is 358 g/mol. The first kappa shape index (κ1) is 18.0. The molecule has 0 aliphatic carbocycles. The minimum Gasteiger partial charge on any atom is -0.339 e. The normalized spacial score (nSPS) is 17.7. The van der Waals surface area contributed by atoms with Crippen molar-refractivity contribution in [3.8, 4) is 11.4 Å². The number of hydrogen-bond donors (Lipinski definition) is 0. The molecule has 0 spiro atoms. The molecule has 1 aliphatic rings. The van der Waals surface area contributed by atoms with E-state index in [2.05, 4.69) is 53.2 Å². The summed E-state index contributed by atoms with van der Waals surface area (Å²) in [6, 6.07) is 8.66. The van der Waals surface area contributed by atoms with E-state index in [-0.39, 0.29) is 5.91 Å². The smallest absolute Gasteiger partial charge is 0.233 e. The molecule has 0 bridgehead atoms. The van der Waals surface area contributed by atoms with E-state index in [1.54, 1.807) is 0 Å². The van der Waals surface area contributed by atoms with Gasteiger partial charge >= 0.3 is 0 Å². The molecule has 1 saturated heterocycles. The maximum atomic E-state index is 12.6. The summed E-state index contributed by atoms with van der Waals surface area (Å²) in [4.78, 5) is 14.7. The highest BCUT2D eigenvalue weighted by molar-refractivity contribution is 7.99. The first-order valence-corrected chi connectivity index (χ1v) is 9.97. The number of aryl methyl sites for hydroxylation is 1. The van der Waals surface area contributed by atoms with Crippen molar-refractivity contribution in [1.82, 2.24) is 19.7 Å². The molecule has 1 aromatic carbocycles. The van der Waals surface area contributed by atoms with E-state index in [1.165, 1.54) is 23.7 Å². The van der Waals surface area contributed by atoms with E-state index in [1.807, 2.05) is 11.6 Å². The van der Waals surface area contributed by atoms with E-state index < -0.39 is 0 Å². The third-order valence-corrected chi connectivity index (χ3v) is 5.89. The third-order valence-electron chi connectivity index (χ3n) is 4.89. The summed E-state index contributed by atoms with van der Waals surface area (Å²) in [6.45, 7) is 5.13. The average molecular weight is 359 g/mol. The largest absolute Gasteiger partial charge is 0.339 e. The van der Waals surface area contributed by atoms with Crippen LogP contribution in [0.15, 0.2) is 29.4 Å². The van der Waals surface area contributed by atoms with Crippen molar-refractivity contribution in [3.05, 3.63) is 29.8 Å². The molecule has 25 heavy (non-hydrogen) atoms. The lowest BCUT2D eigenvalue weighted by Gasteiger charge is -2.35. The summed E-state index contributed by atoms with van der Waals surface area (Å²) in [5.74, 6) is 1.48. The molecule has 134 valence electrons. The maximum Gasteiger partial charge on any atom is 0.233 e. The van der Waals surface area contributed by atoms with Gasteiger partial charge in [0, 0.05) is 25.2 Å². The second-order valence-corrected chi connectivity index (χ2v) is 7.61. The first-order chi connectivity index (χ1) is 12.1. The number of carbonyl (C=O) groups is 1. The zero-order chi connectivity index (χ0) is 17.8. The highest BCUT2D eigenvalue weighted by Crippen LogP contribution is 2.25. The van der Waals surface area contributed by atoms with E-state index >= 15 is 0 Å². The second kappa shape index (κ2) is 8.04. The van der Waals surface area contributed by atoms with Crippen LogP contribution in [-0.2, 0) is 11.8 Å². The van der Waals surface area contributed by atoms with Crippen LogP contribution in [0.5, 0.6) is 0 Å². The SMILES string of the molecule is CC[C@@H]1CCCCN1C(=O)CSc1nnc(-c2ccc(C)cc2)n1C. The van der Waals surface area contributed by atoms with Gasteiger partial charge in [-0.2, -0.15) is 0 Å². The molecule has 6 heteroatoms. The highest BCUT2D eigenvalue weighted by atomic mass is 32.2. The van der Waals surface area contributed by atoms with E-state index in [9.17, 15) is 4.79 Å². The van der Waals surface area contributed by atoms with Gasteiger partial charge in [-0.3, -0.25) is 4.79 Å². The van der Waals surface area contributed by atoms with Crippen molar-refractivity contribution in [2.45, 2.75) is 50.7 Å². The van der Waals surface area contributed by atoms with Gasteiger partial charge in [0.25, 0.3) is 0 Å². The van der Waals surface area contributed by atoms with Crippen LogP contribution >= 0.6 is 11.8 Å². The molecule has 1 aliphatic heterocycles. The molecule has 0 saturated carbocycles. The minimum atomic E-state index is 0.219. The molecule has 5 nitrogen and oxygen atoms in total. The lowest BCUT2D eigenvalue weighted by atomic mass is 10.0. The zero-order valence-electron chi connectivity index (χ0n) is 15.2. The van der Waals surface area contributed by atoms with Crippen LogP contribution in [0.3, 0.4) is 0 Å². The molecule has 1 amide bonds. The molecule has 0 radical (unpaired) electrons.